The second kappa shape index (κ2) is 7.26. The molecule has 1 atom stereocenters. The summed E-state index contributed by atoms with van der Waals surface area (Å²) in [5.74, 6) is 0.319. The number of benzene rings is 1. The van der Waals surface area contributed by atoms with Gasteiger partial charge in [0.25, 0.3) is 0 Å². The number of para-hydroxylation sites is 1. The smallest absolute Gasteiger partial charge is 0.333 e. The van der Waals surface area contributed by atoms with Gasteiger partial charge in [0.1, 0.15) is 5.69 Å². The molecule has 1 heterocycles. The van der Waals surface area contributed by atoms with Crippen molar-refractivity contribution in [1.29, 1.82) is 0 Å². The lowest BCUT2D eigenvalue weighted by atomic mass is 10.1. The highest BCUT2D eigenvalue weighted by Crippen LogP contribution is 2.35. The van der Waals surface area contributed by atoms with E-state index in [4.69, 9.17) is 4.74 Å². The van der Waals surface area contributed by atoms with Crippen molar-refractivity contribution in [2.75, 3.05) is 18.4 Å². The Balaban J connectivity index is 2.04. The molecule has 0 bridgehead atoms. The molecular formula is C15H23N3O3. The van der Waals surface area contributed by atoms with E-state index in [1.807, 2.05) is 13.8 Å². The zero-order valence-corrected chi connectivity index (χ0v) is 12.6. The van der Waals surface area contributed by atoms with Crippen molar-refractivity contribution in [3.8, 4) is 5.75 Å². The highest BCUT2D eigenvalue weighted by atomic mass is 16.6. The Morgan fingerprint density at radius 2 is 2.33 bits per heavy atom. The highest BCUT2D eigenvalue weighted by molar-refractivity contribution is 5.68. The Bertz CT molecular complexity index is 485. The Hall–Kier alpha value is -1.82. The van der Waals surface area contributed by atoms with Crippen LogP contribution in [-0.4, -0.2) is 30.2 Å². The van der Waals surface area contributed by atoms with Crippen LogP contribution in [0, 0.1) is 10.1 Å². The quantitative estimate of drug-likeness (QED) is 0.597. The maximum Gasteiger partial charge on any atom is 0.333 e. The summed E-state index contributed by atoms with van der Waals surface area (Å²) in [6.07, 6.45) is 3.26. The van der Waals surface area contributed by atoms with Crippen LogP contribution in [-0.2, 0) is 0 Å². The van der Waals surface area contributed by atoms with E-state index in [1.165, 1.54) is 12.8 Å². The molecule has 0 spiro atoms. The van der Waals surface area contributed by atoms with Crippen molar-refractivity contribution in [3.05, 3.63) is 28.3 Å². The van der Waals surface area contributed by atoms with Gasteiger partial charge in [-0.05, 0) is 51.8 Å². The number of nitro groups is 1. The van der Waals surface area contributed by atoms with E-state index < -0.39 is 0 Å². The van der Waals surface area contributed by atoms with Gasteiger partial charge in [0.2, 0.25) is 0 Å². The Labute approximate surface area is 125 Å². The second-order valence-electron chi connectivity index (χ2n) is 5.58. The highest BCUT2D eigenvalue weighted by Gasteiger charge is 2.22. The van der Waals surface area contributed by atoms with Gasteiger partial charge in [0.15, 0.2) is 5.75 Å². The summed E-state index contributed by atoms with van der Waals surface area (Å²) in [6, 6.07) is 5.67. The van der Waals surface area contributed by atoms with E-state index in [2.05, 4.69) is 10.6 Å². The molecule has 1 aromatic rings. The van der Waals surface area contributed by atoms with E-state index in [0.29, 0.717) is 24.0 Å². The molecule has 0 unspecified atom stereocenters. The maximum atomic E-state index is 11.3. The summed E-state index contributed by atoms with van der Waals surface area (Å²) < 4.78 is 5.53. The van der Waals surface area contributed by atoms with Crippen molar-refractivity contribution in [2.45, 2.75) is 45.3 Å². The topological polar surface area (TPSA) is 76.4 Å². The third kappa shape index (κ3) is 4.32. The summed E-state index contributed by atoms with van der Waals surface area (Å²) in [7, 11) is 0. The van der Waals surface area contributed by atoms with Gasteiger partial charge < -0.3 is 15.4 Å². The number of nitrogens with zero attached hydrogens (tertiary/aromatic N) is 1. The van der Waals surface area contributed by atoms with Gasteiger partial charge in [-0.15, -0.1) is 0 Å². The lowest BCUT2D eigenvalue weighted by molar-refractivity contribution is -0.385. The average molecular weight is 293 g/mol. The first-order valence-corrected chi connectivity index (χ1v) is 7.49. The average Bonchev–Trinajstić information content (AvgIpc) is 2.91. The summed E-state index contributed by atoms with van der Waals surface area (Å²) in [5.41, 5.74) is 0.543. The molecule has 0 saturated carbocycles. The minimum Gasteiger partial charge on any atom is -0.484 e. The zero-order chi connectivity index (χ0) is 15.2. The first kappa shape index (κ1) is 15.6. The predicted molar refractivity (Wildman–Crippen MR) is 83.0 cm³/mol. The number of hydrogen-bond donors (Lipinski definition) is 2. The van der Waals surface area contributed by atoms with E-state index in [1.54, 1.807) is 18.2 Å². The fourth-order valence-electron chi connectivity index (χ4n) is 2.59. The lowest BCUT2D eigenvalue weighted by Crippen LogP contribution is -2.24. The van der Waals surface area contributed by atoms with Crippen molar-refractivity contribution >= 4 is 11.4 Å². The Morgan fingerprint density at radius 1 is 1.52 bits per heavy atom. The Morgan fingerprint density at radius 3 is 2.95 bits per heavy atom. The molecule has 2 N–H and O–H groups in total. The van der Waals surface area contributed by atoms with Gasteiger partial charge in [-0.2, -0.15) is 0 Å². The summed E-state index contributed by atoms with van der Waals surface area (Å²) in [6.45, 7) is 5.50. The molecule has 1 aliphatic heterocycles. The van der Waals surface area contributed by atoms with E-state index in [0.717, 1.165) is 13.0 Å². The van der Waals surface area contributed by atoms with Gasteiger partial charge in [-0.3, -0.25) is 10.1 Å². The monoisotopic (exact) mass is 293 g/mol. The predicted octanol–water partition coefficient (Wildman–Crippen LogP) is 2.94. The standard InChI is InChI=1S/C15H23N3O3/c1-11(2)21-14-7-3-6-13(15(14)18(19)20)17-10-8-12-5-4-9-16-12/h3,6-7,11-12,16-17H,4-5,8-10H2,1-2H3/t12-/m0/s1. The van der Waals surface area contributed by atoms with Crippen molar-refractivity contribution < 1.29 is 9.66 Å². The first-order chi connectivity index (χ1) is 10.1. The van der Waals surface area contributed by atoms with Crippen LogP contribution in [0.5, 0.6) is 5.75 Å². The number of anilines is 1. The van der Waals surface area contributed by atoms with Crippen molar-refractivity contribution in [2.24, 2.45) is 0 Å². The first-order valence-electron chi connectivity index (χ1n) is 7.49. The number of nitro benzene ring substituents is 1. The molecule has 0 aliphatic carbocycles. The summed E-state index contributed by atoms with van der Waals surface area (Å²) >= 11 is 0. The molecule has 116 valence electrons. The molecular weight excluding hydrogens is 270 g/mol. The normalized spacial score (nSPS) is 18.0. The number of rotatable bonds is 7. The molecule has 6 nitrogen and oxygen atoms in total. The fourth-order valence-corrected chi connectivity index (χ4v) is 2.59. The summed E-state index contributed by atoms with van der Waals surface area (Å²) in [5, 5.41) is 17.9. The third-order valence-corrected chi connectivity index (χ3v) is 3.51. The molecule has 0 radical (unpaired) electrons. The molecule has 21 heavy (non-hydrogen) atoms. The van der Waals surface area contributed by atoms with Crippen LogP contribution in [0.1, 0.15) is 33.1 Å². The number of ether oxygens (including phenoxy) is 1. The van der Waals surface area contributed by atoms with Gasteiger partial charge in [0.05, 0.1) is 11.0 Å². The minimum absolute atomic E-state index is 0.0191. The minimum atomic E-state index is -0.381. The van der Waals surface area contributed by atoms with E-state index in [9.17, 15) is 10.1 Å². The van der Waals surface area contributed by atoms with E-state index >= 15 is 0 Å². The molecule has 6 heteroatoms. The van der Waals surface area contributed by atoms with E-state index in [-0.39, 0.29) is 16.7 Å². The van der Waals surface area contributed by atoms with Crippen LogP contribution in [0.3, 0.4) is 0 Å². The molecule has 1 fully saturated rings. The molecule has 1 saturated heterocycles. The number of hydrogen-bond acceptors (Lipinski definition) is 5. The summed E-state index contributed by atoms with van der Waals surface area (Å²) in [4.78, 5) is 10.9. The van der Waals surface area contributed by atoms with Gasteiger partial charge in [-0.25, -0.2) is 0 Å². The molecule has 0 aromatic heterocycles. The molecule has 1 aliphatic rings. The third-order valence-electron chi connectivity index (χ3n) is 3.51. The largest absolute Gasteiger partial charge is 0.484 e. The number of nitrogens with one attached hydrogen (secondary N) is 2. The molecule has 1 aromatic carbocycles. The van der Waals surface area contributed by atoms with Crippen LogP contribution < -0.4 is 15.4 Å². The van der Waals surface area contributed by atoms with Crippen LogP contribution in [0.2, 0.25) is 0 Å². The van der Waals surface area contributed by atoms with Gasteiger partial charge >= 0.3 is 5.69 Å². The lowest BCUT2D eigenvalue weighted by Gasteiger charge is -2.14. The Kier molecular flexibility index (Phi) is 5.38. The van der Waals surface area contributed by atoms with Crippen molar-refractivity contribution in [3.63, 3.8) is 0 Å². The van der Waals surface area contributed by atoms with Gasteiger partial charge in [0, 0.05) is 12.6 Å². The van der Waals surface area contributed by atoms with Crippen LogP contribution >= 0.6 is 0 Å². The van der Waals surface area contributed by atoms with Crippen LogP contribution in [0.4, 0.5) is 11.4 Å². The molecule has 0 amide bonds. The van der Waals surface area contributed by atoms with Crippen LogP contribution in [0.25, 0.3) is 0 Å². The van der Waals surface area contributed by atoms with Crippen molar-refractivity contribution in [1.82, 2.24) is 5.32 Å². The van der Waals surface area contributed by atoms with Gasteiger partial charge in [-0.1, -0.05) is 6.07 Å². The molecule has 2 rings (SSSR count). The fraction of sp³-hybridized carbons (Fsp3) is 0.600. The second-order valence-corrected chi connectivity index (χ2v) is 5.58. The zero-order valence-electron chi connectivity index (χ0n) is 12.6. The van der Waals surface area contributed by atoms with Crippen LogP contribution in [0.15, 0.2) is 18.2 Å². The maximum absolute atomic E-state index is 11.3. The SMILES string of the molecule is CC(C)Oc1cccc(NCC[C@@H]2CCCN2)c1[N+](=O)[O-].